The number of hydrogen-bond acceptors (Lipinski definition) is 4. The van der Waals surface area contributed by atoms with E-state index < -0.39 is 11.6 Å². The first-order valence-corrected chi connectivity index (χ1v) is 5.52. The Morgan fingerprint density at radius 1 is 1.41 bits per heavy atom. The molecular weight excluding hydrogens is 218 g/mol. The van der Waals surface area contributed by atoms with E-state index in [1.807, 2.05) is 13.0 Å². The van der Waals surface area contributed by atoms with Crippen LogP contribution in [0.2, 0.25) is 0 Å². The minimum atomic E-state index is -0.872. The minimum absolute atomic E-state index is 0.187. The number of aliphatic hydroxyl groups is 1. The lowest BCUT2D eigenvalue weighted by Gasteiger charge is -2.28. The van der Waals surface area contributed by atoms with Crippen LogP contribution in [0.5, 0.6) is 0 Å². The summed E-state index contributed by atoms with van der Waals surface area (Å²) in [4.78, 5) is 11.5. The number of ether oxygens (including phenoxy) is 1. The molecule has 0 fully saturated rings. The van der Waals surface area contributed by atoms with Gasteiger partial charge >= 0.3 is 5.97 Å². The van der Waals surface area contributed by atoms with Gasteiger partial charge in [0.25, 0.3) is 0 Å². The van der Waals surface area contributed by atoms with Gasteiger partial charge in [-0.3, -0.25) is 0 Å². The molecule has 0 heterocycles. The molecule has 0 aromatic heterocycles. The van der Waals surface area contributed by atoms with Gasteiger partial charge in [0.1, 0.15) is 0 Å². The Hall–Kier alpha value is -1.55. The lowest BCUT2D eigenvalue weighted by Crippen LogP contribution is -2.39. The van der Waals surface area contributed by atoms with E-state index in [-0.39, 0.29) is 6.04 Å². The van der Waals surface area contributed by atoms with Crippen molar-refractivity contribution in [1.29, 1.82) is 0 Å². The first-order chi connectivity index (χ1) is 7.86. The number of nitrogens with one attached hydrogen (secondary N) is 1. The Labute approximate surface area is 102 Å². The zero-order chi connectivity index (χ0) is 13.1. The number of para-hydroxylation sites is 1. The monoisotopic (exact) mass is 237 g/mol. The Morgan fingerprint density at radius 3 is 2.53 bits per heavy atom. The molecule has 94 valence electrons. The molecule has 17 heavy (non-hydrogen) atoms. The topological polar surface area (TPSA) is 58.6 Å². The van der Waals surface area contributed by atoms with Gasteiger partial charge in [0.2, 0.25) is 0 Å². The molecule has 0 amide bonds. The summed E-state index contributed by atoms with van der Waals surface area (Å²) in [6.07, 6.45) is 0. The van der Waals surface area contributed by atoms with Crippen LogP contribution in [0.15, 0.2) is 24.3 Å². The Bertz CT molecular complexity index is 396. The fraction of sp³-hybridized carbons (Fsp3) is 0.462. The Balaban J connectivity index is 2.95. The highest BCUT2D eigenvalue weighted by Gasteiger charge is 2.23. The van der Waals surface area contributed by atoms with Crippen LogP contribution in [0, 0.1) is 0 Å². The number of carbonyl (C=O) groups is 1. The highest BCUT2D eigenvalue weighted by atomic mass is 16.5. The summed E-state index contributed by atoms with van der Waals surface area (Å²) < 4.78 is 4.70. The molecule has 0 aliphatic carbocycles. The molecule has 0 radical (unpaired) electrons. The highest BCUT2D eigenvalue weighted by molar-refractivity contribution is 5.95. The second kappa shape index (κ2) is 5.19. The third-order valence-corrected chi connectivity index (χ3v) is 2.76. The molecule has 4 nitrogen and oxygen atoms in total. The van der Waals surface area contributed by atoms with Crippen LogP contribution in [0.4, 0.5) is 5.69 Å². The quantitative estimate of drug-likeness (QED) is 0.787. The maximum atomic E-state index is 11.5. The number of benzene rings is 1. The summed E-state index contributed by atoms with van der Waals surface area (Å²) >= 11 is 0. The maximum Gasteiger partial charge on any atom is 0.339 e. The summed E-state index contributed by atoms with van der Waals surface area (Å²) in [6, 6.07) is 6.88. The first-order valence-electron chi connectivity index (χ1n) is 5.52. The summed E-state index contributed by atoms with van der Waals surface area (Å²) in [7, 11) is 1.35. The van der Waals surface area contributed by atoms with Crippen molar-refractivity contribution in [2.75, 3.05) is 12.4 Å². The second-order valence-electron chi connectivity index (χ2n) is 4.56. The fourth-order valence-electron chi connectivity index (χ4n) is 1.31. The fourth-order valence-corrected chi connectivity index (χ4v) is 1.31. The average molecular weight is 237 g/mol. The van der Waals surface area contributed by atoms with E-state index in [1.165, 1.54) is 7.11 Å². The maximum absolute atomic E-state index is 11.5. The molecule has 0 aliphatic heterocycles. The van der Waals surface area contributed by atoms with Gasteiger partial charge in [-0.05, 0) is 32.9 Å². The Kier molecular flexibility index (Phi) is 4.12. The van der Waals surface area contributed by atoms with Crippen molar-refractivity contribution in [3.05, 3.63) is 29.8 Å². The third-order valence-electron chi connectivity index (χ3n) is 2.76. The Morgan fingerprint density at radius 2 is 2.00 bits per heavy atom. The summed E-state index contributed by atoms with van der Waals surface area (Å²) in [5.41, 5.74) is 0.253. The molecule has 1 rings (SSSR count). The van der Waals surface area contributed by atoms with Crippen LogP contribution in [-0.4, -0.2) is 29.8 Å². The molecule has 2 N–H and O–H groups in total. The molecule has 0 saturated heterocycles. The van der Waals surface area contributed by atoms with E-state index in [1.54, 1.807) is 32.0 Å². The molecule has 0 saturated carbocycles. The summed E-state index contributed by atoms with van der Waals surface area (Å²) in [5, 5.41) is 13.0. The van der Waals surface area contributed by atoms with Crippen LogP contribution in [0.1, 0.15) is 31.1 Å². The second-order valence-corrected chi connectivity index (χ2v) is 4.56. The van der Waals surface area contributed by atoms with E-state index in [0.29, 0.717) is 11.3 Å². The van der Waals surface area contributed by atoms with Crippen LogP contribution >= 0.6 is 0 Å². The van der Waals surface area contributed by atoms with Gasteiger partial charge in [0.15, 0.2) is 0 Å². The molecule has 0 aliphatic rings. The van der Waals surface area contributed by atoms with Gasteiger partial charge in [-0.25, -0.2) is 4.79 Å². The van der Waals surface area contributed by atoms with E-state index in [2.05, 4.69) is 5.32 Å². The van der Waals surface area contributed by atoms with Crippen molar-refractivity contribution in [3.8, 4) is 0 Å². The van der Waals surface area contributed by atoms with Crippen LogP contribution in [0.3, 0.4) is 0 Å². The molecule has 4 heteroatoms. The largest absolute Gasteiger partial charge is 0.465 e. The van der Waals surface area contributed by atoms with Crippen LogP contribution in [-0.2, 0) is 4.74 Å². The number of rotatable bonds is 4. The summed E-state index contributed by atoms with van der Waals surface area (Å²) in [5.74, 6) is -0.393. The van der Waals surface area contributed by atoms with Gasteiger partial charge in [-0.2, -0.15) is 0 Å². The van der Waals surface area contributed by atoms with Crippen LogP contribution < -0.4 is 5.32 Å². The predicted octanol–water partition coefficient (Wildman–Crippen LogP) is 2.04. The van der Waals surface area contributed by atoms with Gasteiger partial charge in [-0.1, -0.05) is 12.1 Å². The number of carbonyl (C=O) groups excluding carboxylic acids is 1. The van der Waals surface area contributed by atoms with Gasteiger partial charge in [-0.15, -0.1) is 0 Å². The molecule has 1 unspecified atom stereocenters. The van der Waals surface area contributed by atoms with Crippen molar-refractivity contribution in [1.82, 2.24) is 0 Å². The summed E-state index contributed by atoms with van der Waals surface area (Å²) in [6.45, 7) is 5.28. The number of anilines is 1. The molecule has 0 spiro atoms. The molecule has 1 aromatic rings. The lowest BCUT2D eigenvalue weighted by atomic mass is 10.00. The average Bonchev–Trinajstić information content (AvgIpc) is 2.27. The molecule has 0 bridgehead atoms. The number of methoxy groups -OCH3 is 1. The number of esters is 1. The SMILES string of the molecule is COC(=O)c1ccccc1NC(C)C(C)(C)O. The van der Waals surface area contributed by atoms with Crippen molar-refractivity contribution >= 4 is 11.7 Å². The van der Waals surface area contributed by atoms with Crippen LogP contribution in [0.25, 0.3) is 0 Å². The minimum Gasteiger partial charge on any atom is -0.465 e. The third kappa shape index (κ3) is 3.46. The molecule has 1 aromatic carbocycles. The number of hydrogen-bond donors (Lipinski definition) is 2. The van der Waals surface area contributed by atoms with Crippen molar-refractivity contribution in [2.24, 2.45) is 0 Å². The standard InChI is InChI=1S/C13H19NO3/c1-9(13(2,3)16)14-11-8-6-5-7-10(11)12(15)17-4/h5-9,14,16H,1-4H3. The van der Waals surface area contributed by atoms with E-state index >= 15 is 0 Å². The smallest absolute Gasteiger partial charge is 0.339 e. The van der Waals surface area contributed by atoms with E-state index in [9.17, 15) is 9.90 Å². The predicted molar refractivity (Wildman–Crippen MR) is 67.2 cm³/mol. The van der Waals surface area contributed by atoms with Gasteiger partial charge < -0.3 is 15.2 Å². The van der Waals surface area contributed by atoms with Crippen molar-refractivity contribution in [2.45, 2.75) is 32.4 Å². The zero-order valence-electron chi connectivity index (χ0n) is 10.7. The van der Waals surface area contributed by atoms with Crippen molar-refractivity contribution < 1.29 is 14.6 Å². The highest BCUT2D eigenvalue weighted by Crippen LogP contribution is 2.20. The van der Waals surface area contributed by atoms with Crippen molar-refractivity contribution in [3.63, 3.8) is 0 Å². The lowest BCUT2D eigenvalue weighted by molar-refractivity contribution is 0.0593. The van der Waals surface area contributed by atoms with E-state index in [4.69, 9.17) is 4.74 Å². The van der Waals surface area contributed by atoms with E-state index in [0.717, 1.165) is 0 Å². The zero-order valence-corrected chi connectivity index (χ0v) is 10.7. The molecule has 1 atom stereocenters. The normalized spacial score (nSPS) is 13.0. The molecular formula is C13H19NO3. The van der Waals surface area contributed by atoms with Gasteiger partial charge in [0, 0.05) is 5.69 Å². The van der Waals surface area contributed by atoms with Gasteiger partial charge in [0.05, 0.1) is 24.3 Å². The first kappa shape index (κ1) is 13.5.